The van der Waals surface area contributed by atoms with Gasteiger partial charge in [-0.25, -0.2) is 0 Å². The normalized spacial score (nSPS) is 12.7. The van der Waals surface area contributed by atoms with Crippen molar-refractivity contribution in [3.63, 3.8) is 0 Å². The van der Waals surface area contributed by atoms with Crippen LogP contribution >= 0.6 is 11.6 Å². The van der Waals surface area contributed by atoms with Gasteiger partial charge in [-0.05, 0) is 19.1 Å². The summed E-state index contributed by atoms with van der Waals surface area (Å²) >= 11 is 6.09. The van der Waals surface area contributed by atoms with Crippen LogP contribution in [0.3, 0.4) is 0 Å². The highest BCUT2D eigenvalue weighted by atomic mass is 35.5. The molecule has 0 aliphatic heterocycles. The summed E-state index contributed by atoms with van der Waals surface area (Å²) < 4.78 is 5.62. The van der Waals surface area contributed by atoms with E-state index in [2.05, 4.69) is 0 Å². The zero-order chi connectivity index (χ0) is 11.5. The Labute approximate surface area is 99.4 Å². The van der Waals surface area contributed by atoms with Gasteiger partial charge in [0.1, 0.15) is 11.9 Å². The van der Waals surface area contributed by atoms with Crippen LogP contribution in [0.1, 0.15) is 6.92 Å². The molecule has 0 amide bonds. The Hall–Kier alpha value is -1.25. The Bertz CT molecular complexity index is 496. The molecule has 0 spiro atoms. The van der Waals surface area contributed by atoms with Crippen LogP contribution in [0.2, 0.25) is 5.02 Å². The van der Waals surface area contributed by atoms with Gasteiger partial charge >= 0.3 is 0 Å². The van der Waals surface area contributed by atoms with Gasteiger partial charge in [-0.2, -0.15) is 0 Å². The van der Waals surface area contributed by atoms with Crippen molar-refractivity contribution in [2.24, 2.45) is 0 Å². The number of halogens is 1. The molecular formula is C13H13ClO2. The van der Waals surface area contributed by atoms with Crippen molar-refractivity contribution in [1.29, 1.82) is 0 Å². The summed E-state index contributed by atoms with van der Waals surface area (Å²) in [6.45, 7) is 1.82. The monoisotopic (exact) mass is 236 g/mol. The number of hydrogen-bond acceptors (Lipinski definition) is 2. The predicted molar refractivity (Wildman–Crippen MR) is 66.1 cm³/mol. The molecule has 2 rings (SSSR count). The number of aliphatic hydroxyl groups is 1. The first-order chi connectivity index (χ1) is 7.72. The number of benzene rings is 2. The Morgan fingerprint density at radius 2 is 1.88 bits per heavy atom. The summed E-state index contributed by atoms with van der Waals surface area (Å²) in [6, 6.07) is 11.4. The third-order valence-corrected chi connectivity index (χ3v) is 2.75. The molecule has 1 atom stereocenters. The van der Waals surface area contributed by atoms with Crippen molar-refractivity contribution >= 4 is 22.4 Å². The van der Waals surface area contributed by atoms with E-state index in [-0.39, 0.29) is 12.7 Å². The maximum Gasteiger partial charge on any atom is 0.127 e. The van der Waals surface area contributed by atoms with Crippen molar-refractivity contribution in [3.05, 3.63) is 41.4 Å². The molecule has 0 unspecified atom stereocenters. The second-order valence-electron chi connectivity index (χ2n) is 3.70. The molecule has 2 aromatic carbocycles. The molecule has 16 heavy (non-hydrogen) atoms. The largest absolute Gasteiger partial charge is 0.488 e. The zero-order valence-corrected chi connectivity index (χ0v) is 9.74. The maximum absolute atomic E-state index is 8.97. The van der Waals surface area contributed by atoms with Gasteiger partial charge in [0.05, 0.1) is 6.61 Å². The van der Waals surface area contributed by atoms with E-state index in [1.807, 2.05) is 43.3 Å². The van der Waals surface area contributed by atoms with Crippen LogP contribution in [-0.4, -0.2) is 17.8 Å². The Morgan fingerprint density at radius 3 is 2.56 bits per heavy atom. The minimum atomic E-state index is -0.218. The minimum absolute atomic E-state index is 0.00302. The molecule has 0 fully saturated rings. The lowest BCUT2D eigenvalue weighted by molar-refractivity contribution is 0.131. The number of ether oxygens (including phenoxy) is 1. The molecule has 0 saturated heterocycles. The van der Waals surface area contributed by atoms with Gasteiger partial charge in [-0.3, -0.25) is 0 Å². The van der Waals surface area contributed by atoms with Gasteiger partial charge in [0.15, 0.2) is 0 Å². The average molecular weight is 237 g/mol. The van der Waals surface area contributed by atoms with Crippen LogP contribution in [0.4, 0.5) is 0 Å². The lowest BCUT2D eigenvalue weighted by Crippen LogP contribution is -2.16. The van der Waals surface area contributed by atoms with E-state index in [1.165, 1.54) is 0 Å². The zero-order valence-electron chi connectivity index (χ0n) is 8.98. The van der Waals surface area contributed by atoms with Crippen LogP contribution < -0.4 is 4.74 Å². The smallest absolute Gasteiger partial charge is 0.127 e. The van der Waals surface area contributed by atoms with Crippen molar-refractivity contribution < 1.29 is 9.84 Å². The van der Waals surface area contributed by atoms with Gasteiger partial charge in [-0.1, -0.05) is 35.9 Å². The van der Waals surface area contributed by atoms with Crippen molar-refractivity contribution in [2.45, 2.75) is 13.0 Å². The van der Waals surface area contributed by atoms with E-state index in [9.17, 15) is 0 Å². The van der Waals surface area contributed by atoms with E-state index in [0.717, 1.165) is 16.5 Å². The highest BCUT2D eigenvalue weighted by molar-refractivity contribution is 6.35. The second-order valence-corrected chi connectivity index (χ2v) is 4.11. The Kier molecular flexibility index (Phi) is 3.32. The molecular weight excluding hydrogens is 224 g/mol. The molecule has 0 radical (unpaired) electrons. The van der Waals surface area contributed by atoms with E-state index < -0.39 is 0 Å². The average Bonchev–Trinajstić information content (AvgIpc) is 2.33. The van der Waals surface area contributed by atoms with Crippen molar-refractivity contribution in [1.82, 2.24) is 0 Å². The minimum Gasteiger partial charge on any atom is -0.488 e. The molecule has 1 N–H and O–H groups in total. The first-order valence-electron chi connectivity index (χ1n) is 5.17. The summed E-state index contributed by atoms with van der Waals surface area (Å²) in [5, 5.41) is 11.6. The molecule has 0 bridgehead atoms. The van der Waals surface area contributed by atoms with Gasteiger partial charge in [-0.15, -0.1) is 0 Å². The molecule has 0 saturated carbocycles. The fourth-order valence-electron chi connectivity index (χ4n) is 1.59. The van der Waals surface area contributed by atoms with Gasteiger partial charge in [0.2, 0.25) is 0 Å². The third kappa shape index (κ3) is 2.13. The highest BCUT2D eigenvalue weighted by Crippen LogP contribution is 2.31. The third-order valence-electron chi connectivity index (χ3n) is 2.42. The SMILES string of the molecule is C[C@@H](CO)Oc1ccc(Cl)c2ccccc12. The van der Waals surface area contributed by atoms with Crippen molar-refractivity contribution in [2.75, 3.05) is 6.61 Å². The van der Waals surface area contributed by atoms with Crippen molar-refractivity contribution in [3.8, 4) is 5.75 Å². The highest BCUT2D eigenvalue weighted by Gasteiger charge is 2.07. The Balaban J connectivity index is 2.50. The number of aliphatic hydroxyl groups excluding tert-OH is 1. The molecule has 2 aromatic rings. The predicted octanol–water partition coefficient (Wildman–Crippen LogP) is 3.25. The standard InChI is InChI=1S/C13H13ClO2/c1-9(8-15)16-13-7-6-12(14)10-4-2-3-5-11(10)13/h2-7,9,15H,8H2,1H3/t9-/m0/s1. The summed E-state index contributed by atoms with van der Waals surface area (Å²) in [6.07, 6.45) is -0.218. The van der Waals surface area contributed by atoms with E-state index in [0.29, 0.717) is 5.02 Å². The lowest BCUT2D eigenvalue weighted by Gasteiger charge is -2.14. The first-order valence-corrected chi connectivity index (χ1v) is 5.55. The van der Waals surface area contributed by atoms with Gasteiger partial charge in [0, 0.05) is 15.8 Å². The molecule has 3 heteroatoms. The van der Waals surface area contributed by atoms with Gasteiger partial charge in [0.25, 0.3) is 0 Å². The molecule has 0 aromatic heterocycles. The van der Waals surface area contributed by atoms with Crippen LogP contribution in [-0.2, 0) is 0 Å². The topological polar surface area (TPSA) is 29.5 Å². The number of fused-ring (bicyclic) bond motifs is 1. The fourth-order valence-corrected chi connectivity index (χ4v) is 1.82. The number of hydrogen-bond donors (Lipinski definition) is 1. The van der Waals surface area contributed by atoms with E-state index in [4.69, 9.17) is 21.4 Å². The summed E-state index contributed by atoms with van der Waals surface area (Å²) in [4.78, 5) is 0. The second kappa shape index (κ2) is 4.73. The molecule has 0 heterocycles. The van der Waals surface area contributed by atoms with Crippen LogP contribution in [0.5, 0.6) is 5.75 Å². The quantitative estimate of drug-likeness (QED) is 0.887. The maximum atomic E-state index is 8.97. The summed E-state index contributed by atoms with van der Waals surface area (Å²) in [7, 11) is 0. The summed E-state index contributed by atoms with van der Waals surface area (Å²) in [5.74, 6) is 0.751. The molecule has 0 aliphatic rings. The first kappa shape index (κ1) is 11.2. The molecule has 0 aliphatic carbocycles. The number of rotatable bonds is 3. The Morgan fingerprint density at radius 1 is 1.19 bits per heavy atom. The fraction of sp³-hybridized carbons (Fsp3) is 0.231. The van der Waals surface area contributed by atoms with Crippen LogP contribution in [0.15, 0.2) is 36.4 Å². The van der Waals surface area contributed by atoms with Crippen LogP contribution in [0.25, 0.3) is 10.8 Å². The van der Waals surface area contributed by atoms with Crippen LogP contribution in [0, 0.1) is 0 Å². The molecule has 2 nitrogen and oxygen atoms in total. The van der Waals surface area contributed by atoms with E-state index in [1.54, 1.807) is 0 Å². The lowest BCUT2D eigenvalue weighted by atomic mass is 10.1. The molecule has 84 valence electrons. The van der Waals surface area contributed by atoms with E-state index >= 15 is 0 Å². The van der Waals surface area contributed by atoms with Gasteiger partial charge < -0.3 is 9.84 Å². The summed E-state index contributed by atoms with van der Waals surface area (Å²) in [5.41, 5.74) is 0.